The number of nitrogens with one attached hydrogen (secondary N) is 1. The van der Waals surface area contributed by atoms with Gasteiger partial charge in [0.2, 0.25) is 5.91 Å². The Morgan fingerprint density at radius 3 is 2.38 bits per heavy atom. The van der Waals surface area contributed by atoms with Crippen LogP contribution in [0.5, 0.6) is 0 Å². The van der Waals surface area contributed by atoms with Crippen LogP contribution < -0.4 is 11.1 Å². The molecule has 1 aromatic carbocycles. The average Bonchev–Trinajstić information content (AvgIpc) is 2.35. The fourth-order valence-corrected chi connectivity index (χ4v) is 1.34. The van der Waals surface area contributed by atoms with Gasteiger partial charge in [-0.15, -0.1) is 0 Å². The van der Waals surface area contributed by atoms with Gasteiger partial charge in [-0.25, -0.2) is 0 Å². The van der Waals surface area contributed by atoms with E-state index in [-0.39, 0.29) is 11.8 Å². The highest BCUT2D eigenvalue weighted by atomic mass is 16.1. The molecule has 0 aliphatic heterocycles. The van der Waals surface area contributed by atoms with Crippen molar-refractivity contribution in [3.05, 3.63) is 35.4 Å². The van der Waals surface area contributed by atoms with Crippen molar-refractivity contribution in [3.63, 3.8) is 0 Å². The zero-order chi connectivity index (χ0) is 12.0. The van der Waals surface area contributed by atoms with E-state index >= 15 is 0 Å². The average molecular weight is 220 g/mol. The fourth-order valence-electron chi connectivity index (χ4n) is 1.34. The summed E-state index contributed by atoms with van der Waals surface area (Å²) in [7, 11) is 0. The van der Waals surface area contributed by atoms with Crippen molar-refractivity contribution >= 4 is 5.91 Å². The van der Waals surface area contributed by atoms with Crippen molar-refractivity contribution in [2.75, 3.05) is 0 Å². The summed E-state index contributed by atoms with van der Waals surface area (Å²) < 4.78 is 0. The maximum Gasteiger partial charge on any atom is 0.223 e. The van der Waals surface area contributed by atoms with Crippen LogP contribution in [-0.4, -0.2) is 5.91 Å². The Balaban J connectivity index is 2.45. The van der Waals surface area contributed by atoms with Crippen LogP contribution >= 0.6 is 0 Å². The number of benzene rings is 1. The lowest BCUT2D eigenvalue weighted by atomic mass is 10.1. The van der Waals surface area contributed by atoms with E-state index in [9.17, 15) is 4.79 Å². The van der Waals surface area contributed by atoms with Crippen molar-refractivity contribution in [2.24, 2.45) is 11.7 Å². The van der Waals surface area contributed by atoms with Gasteiger partial charge in [0.05, 0.1) is 0 Å². The third kappa shape index (κ3) is 3.66. The molecule has 1 atom stereocenters. The Labute approximate surface area is 97.0 Å². The largest absolute Gasteiger partial charge is 0.352 e. The van der Waals surface area contributed by atoms with Crippen LogP contribution in [0.2, 0.25) is 0 Å². The molecule has 0 aromatic heterocycles. The first kappa shape index (κ1) is 12.7. The van der Waals surface area contributed by atoms with E-state index < -0.39 is 0 Å². The van der Waals surface area contributed by atoms with Gasteiger partial charge in [0, 0.05) is 19.0 Å². The predicted molar refractivity (Wildman–Crippen MR) is 65.6 cm³/mol. The number of rotatable bonds is 5. The zero-order valence-electron chi connectivity index (χ0n) is 9.99. The van der Waals surface area contributed by atoms with E-state index in [0.717, 1.165) is 17.5 Å². The van der Waals surface area contributed by atoms with E-state index in [1.807, 2.05) is 38.1 Å². The normalized spacial score (nSPS) is 12.2. The van der Waals surface area contributed by atoms with Crippen molar-refractivity contribution < 1.29 is 4.79 Å². The molecule has 0 heterocycles. The van der Waals surface area contributed by atoms with Crippen LogP contribution in [0.4, 0.5) is 0 Å². The Bertz CT molecular complexity index is 332. The Morgan fingerprint density at radius 2 is 1.88 bits per heavy atom. The molecule has 3 heteroatoms. The monoisotopic (exact) mass is 220 g/mol. The molecule has 1 aromatic rings. The third-order valence-corrected chi connectivity index (χ3v) is 2.79. The lowest BCUT2D eigenvalue weighted by Crippen LogP contribution is -2.28. The molecule has 0 bridgehead atoms. The maximum absolute atomic E-state index is 11.5. The summed E-state index contributed by atoms with van der Waals surface area (Å²) in [6.07, 6.45) is 0.873. The molecule has 0 aliphatic rings. The molecule has 3 N–H and O–H groups in total. The second-order valence-corrected chi connectivity index (χ2v) is 4.05. The van der Waals surface area contributed by atoms with Gasteiger partial charge in [-0.3, -0.25) is 4.79 Å². The van der Waals surface area contributed by atoms with E-state index in [0.29, 0.717) is 13.1 Å². The van der Waals surface area contributed by atoms with Crippen molar-refractivity contribution in [2.45, 2.75) is 33.4 Å². The summed E-state index contributed by atoms with van der Waals surface area (Å²) in [4.78, 5) is 11.5. The lowest BCUT2D eigenvalue weighted by Gasteiger charge is -2.10. The number of hydrogen-bond acceptors (Lipinski definition) is 2. The van der Waals surface area contributed by atoms with Gasteiger partial charge in [-0.1, -0.05) is 38.1 Å². The van der Waals surface area contributed by atoms with Crippen LogP contribution in [-0.2, 0) is 17.9 Å². The van der Waals surface area contributed by atoms with Gasteiger partial charge >= 0.3 is 0 Å². The smallest absolute Gasteiger partial charge is 0.223 e. The standard InChI is InChI=1S/C13H20N2O/c1-3-10(2)13(16)15-9-12-6-4-11(8-14)5-7-12/h4-7,10H,3,8-9,14H2,1-2H3,(H,15,16). The number of amides is 1. The molecule has 0 fully saturated rings. The molecule has 1 amide bonds. The Kier molecular flexibility index (Phi) is 4.99. The van der Waals surface area contributed by atoms with Crippen molar-refractivity contribution in [1.82, 2.24) is 5.32 Å². The first-order valence-electron chi connectivity index (χ1n) is 5.73. The molecular weight excluding hydrogens is 200 g/mol. The summed E-state index contributed by atoms with van der Waals surface area (Å²) in [5.74, 6) is 0.203. The molecule has 0 saturated carbocycles. The van der Waals surface area contributed by atoms with Crippen LogP contribution in [0.1, 0.15) is 31.4 Å². The molecule has 0 aliphatic carbocycles. The van der Waals surface area contributed by atoms with Gasteiger partial charge in [-0.2, -0.15) is 0 Å². The molecule has 1 rings (SSSR count). The van der Waals surface area contributed by atoms with E-state index in [4.69, 9.17) is 5.73 Å². The predicted octanol–water partition coefficient (Wildman–Crippen LogP) is 1.81. The van der Waals surface area contributed by atoms with E-state index in [2.05, 4.69) is 5.32 Å². The molecule has 88 valence electrons. The summed E-state index contributed by atoms with van der Waals surface area (Å²) >= 11 is 0. The first-order valence-corrected chi connectivity index (χ1v) is 5.73. The Hall–Kier alpha value is -1.35. The summed E-state index contributed by atoms with van der Waals surface area (Å²) in [6.45, 7) is 5.10. The van der Waals surface area contributed by atoms with Gasteiger partial charge in [0.1, 0.15) is 0 Å². The molecule has 0 radical (unpaired) electrons. The van der Waals surface area contributed by atoms with Gasteiger partial charge in [-0.05, 0) is 17.5 Å². The molecule has 3 nitrogen and oxygen atoms in total. The van der Waals surface area contributed by atoms with E-state index in [1.165, 1.54) is 0 Å². The highest BCUT2D eigenvalue weighted by Crippen LogP contribution is 2.05. The van der Waals surface area contributed by atoms with Crippen LogP contribution in [0.3, 0.4) is 0 Å². The molecule has 0 spiro atoms. The SMILES string of the molecule is CCC(C)C(=O)NCc1ccc(CN)cc1. The number of carbonyl (C=O) groups excluding carboxylic acids is 1. The van der Waals surface area contributed by atoms with Gasteiger partial charge in [0.25, 0.3) is 0 Å². The summed E-state index contributed by atoms with van der Waals surface area (Å²) in [5.41, 5.74) is 7.72. The van der Waals surface area contributed by atoms with Crippen LogP contribution in [0, 0.1) is 5.92 Å². The molecule has 1 unspecified atom stereocenters. The number of nitrogens with two attached hydrogens (primary N) is 1. The first-order chi connectivity index (χ1) is 7.67. The minimum Gasteiger partial charge on any atom is -0.352 e. The van der Waals surface area contributed by atoms with Crippen LogP contribution in [0.25, 0.3) is 0 Å². The second kappa shape index (κ2) is 6.28. The van der Waals surface area contributed by atoms with Gasteiger partial charge < -0.3 is 11.1 Å². The summed E-state index contributed by atoms with van der Waals surface area (Å²) in [6, 6.07) is 7.98. The van der Waals surface area contributed by atoms with Crippen molar-refractivity contribution in [1.29, 1.82) is 0 Å². The molecule has 16 heavy (non-hydrogen) atoms. The molecule has 0 saturated heterocycles. The maximum atomic E-state index is 11.5. The topological polar surface area (TPSA) is 55.1 Å². The van der Waals surface area contributed by atoms with Crippen LogP contribution in [0.15, 0.2) is 24.3 Å². The molecular formula is C13H20N2O. The van der Waals surface area contributed by atoms with E-state index in [1.54, 1.807) is 0 Å². The zero-order valence-corrected chi connectivity index (χ0v) is 9.99. The fraction of sp³-hybridized carbons (Fsp3) is 0.462. The highest BCUT2D eigenvalue weighted by molar-refractivity contribution is 5.78. The quantitative estimate of drug-likeness (QED) is 0.795. The summed E-state index contributed by atoms with van der Waals surface area (Å²) in [5, 5.41) is 2.92. The van der Waals surface area contributed by atoms with Gasteiger partial charge in [0.15, 0.2) is 0 Å². The lowest BCUT2D eigenvalue weighted by molar-refractivity contribution is -0.124. The number of carbonyl (C=O) groups is 1. The minimum absolute atomic E-state index is 0.0864. The number of hydrogen-bond donors (Lipinski definition) is 2. The Morgan fingerprint density at radius 1 is 1.31 bits per heavy atom. The van der Waals surface area contributed by atoms with Crippen molar-refractivity contribution in [3.8, 4) is 0 Å². The highest BCUT2D eigenvalue weighted by Gasteiger charge is 2.09. The minimum atomic E-state index is 0.0864. The third-order valence-electron chi connectivity index (χ3n) is 2.79. The second-order valence-electron chi connectivity index (χ2n) is 4.05.